The van der Waals surface area contributed by atoms with Crippen molar-refractivity contribution in [1.29, 1.82) is 0 Å². The molecule has 0 radical (unpaired) electrons. The number of hydrogen-bond acceptors (Lipinski definition) is 4. The number of carbonyl (C=O) groups excluding carboxylic acids is 1. The lowest BCUT2D eigenvalue weighted by Gasteiger charge is -2.40. The fourth-order valence-electron chi connectivity index (χ4n) is 3.61. The molecule has 2 rings (SSSR count). The molecule has 1 heterocycles. The molecule has 5 heteroatoms. The number of nitrogens with two attached hydrogens (primary N) is 1. The summed E-state index contributed by atoms with van der Waals surface area (Å²) in [6.45, 7) is 1.23. The molecular weight excluding hydrogens is 266 g/mol. The maximum absolute atomic E-state index is 12.3. The molecular formula is C16H31N3O2. The Morgan fingerprint density at radius 3 is 2.43 bits per heavy atom. The van der Waals surface area contributed by atoms with Gasteiger partial charge < -0.3 is 20.7 Å². The molecule has 1 aliphatic carbocycles. The van der Waals surface area contributed by atoms with E-state index in [1.165, 1.54) is 25.7 Å². The summed E-state index contributed by atoms with van der Waals surface area (Å²) in [7, 11) is 4.27. The SMILES string of the molecule is CN(C)C1(CNC(=O)[C@@H]2CC[C@H](CN)O2)CCCCCC1. The molecule has 1 aliphatic heterocycles. The van der Waals surface area contributed by atoms with Crippen molar-refractivity contribution in [2.75, 3.05) is 27.2 Å². The molecule has 1 saturated heterocycles. The molecule has 1 amide bonds. The van der Waals surface area contributed by atoms with Crippen molar-refractivity contribution in [3.05, 3.63) is 0 Å². The van der Waals surface area contributed by atoms with Crippen LogP contribution in [0.4, 0.5) is 0 Å². The van der Waals surface area contributed by atoms with Crippen LogP contribution in [0.25, 0.3) is 0 Å². The van der Waals surface area contributed by atoms with E-state index < -0.39 is 0 Å². The molecule has 1 saturated carbocycles. The summed E-state index contributed by atoms with van der Waals surface area (Å²) < 4.78 is 5.68. The molecule has 2 atom stereocenters. The van der Waals surface area contributed by atoms with Crippen LogP contribution in [0, 0.1) is 0 Å². The number of rotatable bonds is 5. The molecule has 2 aliphatic rings. The number of ether oxygens (including phenoxy) is 1. The summed E-state index contributed by atoms with van der Waals surface area (Å²) in [5.74, 6) is 0.0384. The number of hydrogen-bond donors (Lipinski definition) is 2. The molecule has 0 aromatic carbocycles. The Morgan fingerprint density at radius 2 is 1.90 bits per heavy atom. The smallest absolute Gasteiger partial charge is 0.249 e. The molecule has 0 unspecified atom stereocenters. The van der Waals surface area contributed by atoms with E-state index in [0.29, 0.717) is 6.54 Å². The molecule has 5 nitrogen and oxygen atoms in total. The van der Waals surface area contributed by atoms with Gasteiger partial charge in [0.05, 0.1) is 6.10 Å². The van der Waals surface area contributed by atoms with E-state index in [-0.39, 0.29) is 23.7 Å². The van der Waals surface area contributed by atoms with Crippen molar-refractivity contribution in [1.82, 2.24) is 10.2 Å². The van der Waals surface area contributed by atoms with E-state index in [1.54, 1.807) is 0 Å². The van der Waals surface area contributed by atoms with Crippen LogP contribution in [0.2, 0.25) is 0 Å². The Balaban J connectivity index is 1.88. The number of nitrogens with zero attached hydrogens (tertiary/aromatic N) is 1. The van der Waals surface area contributed by atoms with E-state index in [9.17, 15) is 4.79 Å². The lowest BCUT2D eigenvalue weighted by Crippen LogP contribution is -2.53. The maximum Gasteiger partial charge on any atom is 0.249 e. The molecule has 0 aromatic heterocycles. The van der Waals surface area contributed by atoms with E-state index in [0.717, 1.165) is 32.2 Å². The summed E-state index contributed by atoms with van der Waals surface area (Å²) in [5, 5.41) is 3.14. The van der Waals surface area contributed by atoms with Gasteiger partial charge >= 0.3 is 0 Å². The van der Waals surface area contributed by atoms with Crippen LogP contribution in [0.3, 0.4) is 0 Å². The molecule has 21 heavy (non-hydrogen) atoms. The number of likely N-dealkylation sites (N-methyl/N-ethyl adjacent to an activating group) is 1. The molecule has 2 fully saturated rings. The largest absolute Gasteiger partial charge is 0.364 e. The highest BCUT2D eigenvalue weighted by Crippen LogP contribution is 2.30. The van der Waals surface area contributed by atoms with Gasteiger partial charge in [-0.05, 0) is 39.8 Å². The molecule has 3 N–H and O–H groups in total. The summed E-state index contributed by atoms with van der Waals surface area (Å²) in [6.07, 6.45) is 8.91. The van der Waals surface area contributed by atoms with Gasteiger partial charge in [-0.1, -0.05) is 25.7 Å². The van der Waals surface area contributed by atoms with Gasteiger partial charge in [0.2, 0.25) is 5.91 Å². The number of amides is 1. The summed E-state index contributed by atoms with van der Waals surface area (Å²) in [5.41, 5.74) is 5.71. The van der Waals surface area contributed by atoms with Gasteiger partial charge in [0, 0.05) is 18.6 Å². The van der Waals surface area contributed by atoms with Crippen molar-refractivity contribution < 1.29 is 9.53 Å². The van der Waals surface area contributed by atoms with Crippen molar-refractivity contribution >= 4 is 5.91 Å². The third-order valence-electron chi connectivity index (χ3n) is 5.24. The number of nitrogens with one attached hydrogen (secondary N) is 1. The second-order valence-corrected chi connectivity index (χ2v) is 6.81. The zero-order chi connectivity index (χ0) is 15.3. The van der Waals surface area contributed by atoms with Crippen LogP contribution in [-0.4, -0.2) is 55.7 Å². The zero-order valence-electron chi connectivity index (χ0n) is 13.6. The third kappa shape index (κ3) is 4.18. The highest BCUT2D eigenvalue weighted by Gasteiger charge is 2.35. The second kappa shape index (κ2) is 7.56. The van der Waals surface area contributed by atoms with Crippen LogP contribution in [0.1, 0.15) is 51.4 Å². The first-order valence-corrected chi connectivity index (χ1v) is 8.38. The minimum Gasteiger partial charge on any atom is -0.364 e. The van der Waals surface area contributed by atoms with Gasteiger partial charge in [-0.3, -0.25) is 4.79 Å². The van der Waals surface area contributed by atoms with E-state index in [1.807, 2.05) is 0 Å². The first-order valence-electron chi connectivity index (χ1n) is 8.38. The van der Waals surface area contributed by atoms with E-state index in [2.05, 4.69) is 24.3 Å². The Kier molecular flexibility index (Phi) is 6.02. The van der Waals surface area contributed by atoms with Gasteiger partial charge in [-0.15, -0.1) is 0 Å². The highest BCUT2D eigenvalue weighted by atomic mass is 16.5. The minimum absolute atomic E-state index is 0.0384. The summed E-state index contributed by atoms with van der Waals surface area (Å²) in [4.78, 5) is 14.6. The van der Waals surface area contributed by atoms with Crippen LogP contribution in [0.15, 0.2) is 0 Å². The van der Waals surface area contributed by atoms with Crippen molar-refractivity contribution in [3.8, 4) is 0 Å². The zero-order valence-corrected chi connectivity index (χ0v) is 13.6. The average molecular weight is 297 g/mol. The first-order chi connectivity index (χ1) is 10.1. The predicted molar refractivity (Wildman–Crippen MR) is 84.1 cm³/mol. The van der Waals surface area contributed by atoms with Crippen molar-refractivity contribution in [2.24, 2.45) is 5.73 Å². The third-order valence-corrected chi connectivity index (χ3v) is 5.24. The van der Waals surface area contributed by atoms with Crippen LogP contribution in [0.5, 0.6) is 0 Å². The lowest BCUT2D eigenvalue weighted by molar-refractivity contribution is -0.132. The van der Waals surface area contributed by atoms with E-state index in [4.69, 9.17) is 10.5 Å². The van der Waals surface area contributed by atoms with Crippen LogP contribution in [-0.2, 0) is 9.53 Å². The maximum atomic E-state index is 12.3. The van der Waals surface area contributed by atoms with Gasteiger partial charge in [0.15, 0.2) is 0 Å². The molecule has 0 bridgehead atoms. The van der Waals surface area contributed by atoms with Crippen molar-refractivity contribution in [2.45, 2.75) is 69.1 Å². The Hall–Kier alpha value is -0.650. The molecule has 122 valence electrons. The van der Waals surface area contributed by atoms with Crippen LogP contribution >= 0.6 is 0 Å². The summed E-state index contributed by atoms with van der Waals surface area (Å²) >= 11 is 0. The average Bonchev–Trinajstić information content (AvgIpc) is 2.83. The second-order valence-electron chi connectivity index (χ2n) is 6.81. The number of carbonyl (C=O) groups is 1. The molecule has 0 spiro atoms. The predicted octanol–water partition coefficient (Wildman–Crippen LogP) is 1.26. The summed E-state index contributed by atoms with van der Waals surface area (Å²) in [6, 6.07) is 0. The monoisotopic (exact) mass is 297 g/mol. The van der Waals surface area contributed by atoms with Gasteiger partial charge in [0.25, 0.3) is 0 Å². The van der Waals surface area contributed by atoms with Gasteiger partial charge in [-0.2, -0.15) is 0 Å². The quantitative estimate of drug-likeness (QED) is 0.750. The van der Waals surface area contributed by atoms with Crippen LogP contribution < -0.4 is 11.1 Å². The normalized spacial score (nSPS) is 29.3. The minimum atomic E-state index is -0.302. The Morgan fingerprint density at radius 1 is 1.24 bits per heavy atom. The van der Waals surface area contributed by atoms with E-state index >= 15 is 0 Å². The van der Waals surface area contributed by atoms with Gasteiger partial charge in [0.1, 0.15) is 6.10 Å². The van der Waals surface area contributed by atoms with Gasteiger partial charge in [-0.25, -0.2) is 0 Å². The Bertz CT molecular complexity index is 338. The lowest BCUT2D eigenvalue weighted by atomic mass is 9.88. The standard InChI is InChI=1S/C16H31N3O2/c1-19(2)16(9-5-3-4-6-10-16)12-18-15(20)14-8-7-13(11-17)21-14/h13-14H,3-12,17H2,1-2H3,(H,18,20)/t13-,14+/m1/s1. The fourth-order valence-corrected chi connectivity index (χ4v) is 3.61. The molecule has 0 aromatic rings. The first kappa shape index (κ1) is 16.7. The van der Waals surface area contributed by atoms with Crippen molar-refractivity contribution in [3.63, 3.8) is 0 Å². The fraction of sp³-hybridized carbons (Fsp3) is 0.938. The topological polar surface area (TPSA) is 67.6 Å². The Labute approximate surface area is 128 Å². The highest BCUT2D eigenvalue weighted by molar-refractivity contribution is 5.81.